The topological polar surface area (TPSA) is 133 Å². The van der Waals surface area contributed by atoms with Gasteiger partial charge in [-0.05, 0) is 85.3 Å². The number of ether oxygens (including phenoxy) is 2. The summed E-state index contributed by atoms with van der Waals surface area (Å²) < 4.78 is 81.0. The van der Waals surface area contributed by atoms with Crippen LogP contribution in [0, 0.1) is 0 Å². The molecule has 0 amide bonds. The Hall–Kier alpha value is -2.44. The van der Waals surface area contributed by atoms with Gasteiger partial charge in [-0.15, -0.1) is 0 Å². The molecule has 11 heteroatoms. The van der Waals surface area contributed by atoms with E-state index in [2.05, 4.69) is 13.8 Å². The van der Waals surface area contributed by atoms with E-state index in [-0.39, 0.29) is 47.5 Å². The molecule has 4 rings (SSSR count). The molecule has 4 aromatic rings. The third-order valence-electron chi connectivity index (χ3n) is 8.17. The summed E-state index contributed by atoms with van der Waals surface area (Å²) in [4.78, 5) is -0.344. The van der Waals surface area contributed by atoms with Crippen LogP contribution >= 0.6 is 0 Å². The summed E-state index contributed by atoms with van der Waals surface area (Å²) in [7, 11) is -9.06. The average Bonchev–Trinajstić information content (AvgIpc) is 3.09. The maximum atomic E-state index is 11.6. The van der Waals surface area contributed by atoms with E-state index >= 15 is 0 Å². The third-order valence-corrected chi connectivity index (χ3v) is 10.0. The summed E-state index contributed by atoms with van der Waals surface area (Å²) in [6.07, 6.45) is 14.6. The van der Waals surface area contributed by atoms with Gasteiger partial charge in [-0.2, -0.15) is 0 Å². The molecule has 0 aliphatic rings. The minimum Gasteiger partial charge on any atom is -0.744 e. The second-order valence-corrected chi connectivity index (χ2v) is 15.0. The molecule has 0 saturated heterocycles. The van der Waals surface area contributed by atoms with Crippen molar-refractivity contribution in [1.82, 2.24) is 0 Å². The number of aryl methyl sites for hydroxylation is 2. The van der Waals surface area contributed by atoms with E-state index in [0.717, 1.165) is 38.5 Å². The Morgan fingerprint density at radius 1 is 0.451 bits per heavy atom. The third kappa shape index (κ3) is 17.3. The number of hydrogen-bond acceptors (Lipinski definition) is 8. The van der Waals surface area contributed by atoms with E-state index in [0.29, 0.717) is 47.0 Å². The van der Waals surface area contributed by atoms with Crippen LogP contribution in [-0.2, 0) is 33.1 Å². The van der Waals surface area contributed by atoms with Crippen LogP contribution in [0.3, 0.4) is 0 Å². The van der Waals surface area contributed by atoms with Crippen molar-refractivity contribution in [2.24, 2.45) is 0 Å². The van der Waals surface area contributed by atoms with E-state index in [1.54, 1.807) is 48.5 Å². The molecule has 0 radical (unpaired) electrons. The first-order valence-electron chi connectivity index (χ1n) is 17.6. The second kappa shape index (κ2) is 24.0. The van der Waals surface area contributed by atoms with Crippen molar-refractivity contribution in [3.8, 4) is 23.0 Å². The van der Waals surface area contributed by atoms with E-state index in [1.807, 2.05) is 36.4 Å². The van der Waals surface area contributed by atoms with Crippen LogP contribution in [-0.4, -0.2) is 63.7 Å². The van der Waals surface area contributed by atoms with Crippen LogP contribution < -0.4 is 9.47 Å². The minimum absolute atomic E-state index is 0. The molecule has 0 spiro atoms. The van der Waals surface area contributed by atoms with Crippen LogP contribution in [0.15, 0.2) is 107 Å². The summed E-state index contributed by atoms with van der Waals surface area (Å²) in [5.74, 6) is 1.90. The van der Waals surface area contributed by atoms with Gasteiger partial charge in [-0.25, -0.2) is 16.8 Å². The van der Waals surface area contributed by atoms with E-state index < -0.39 is 20.2 Å². The Bertz CT molecular complexity index is 1650. The molecule has 0 heterocycles. The fourth-order valence-corrected chi connectivity index (χ4v) is 7.02. The summed E-state index contributed by atoms with van der Waals surface area (Å²) >= 11 is 0. The SMILES string of the molecule is CCCCCCCCc1ccc(Oc2ccccc2)cc1S(=O)(=O)[O-].CCCCCCCCc1ccc(Oc2ccccc2)cc1S(=O)(=O)[O-].[Ca+2]. The van der Waals surface area contributed by atoms with Crippen molar-refractivity contribution in [3.05, 3.63) is 108 Å². The predicted molar refractivity (Wildman–Crippen MR) is 202 cm³/mol. The second-order valence-electron chi connectivity index (χ2n) is 12.3. The van der Waals surface area contributed by atoms with Gasteiger partial charge in [0.2, 0.25) is 0 Å². The molecule has 0 aromatic heterocycles. The van der Waals surface area contributed by atoms with E-state index in [1.165, 1.54) is 50.7 Å². The van der Waals surface area contributed by atoms with Crippen molar-refractivity contribution >= 4 is 58.0 Å². The van der Waals surface area contributed by atoms with Gasteiger partial charge in [0.15, 0.2) is 0 Å². The first-order valence-corrected chi connectivity index (χ1v) is 20.5. The van der Waals surface area contributed by atoms with Gasteiger partial charge in [-0.1, -0.05) is 127 Å². The zero-order valence-corrected chi connectivity index (χ0v) is 33.8. The van der Waals surface area contributed by atoms with Crippen LogP contribution in [0.4, 0.5) is 0 Å². The molecule has 0 atom stereocenters. The molecule has 0 N–H and O–H groups in total. The number of unbranched alkanes of at least 4 members (excludes halogenated alkanes) is 10. The van der Waals surface area contributed by atoms with Crippen molar-refractivity contribution < 1.29 is 35.4 Å². The first kappa shape index (κ1) is 44.7. The monoisotopic (exact) mass is 762 g/mol. The fraction of sp³-hybridized carbons (Fsp3) is 0.400. The van der Waals surface area contributed by atoms with E-state index in [4.69, 9.17) is 9.47 Å². The van der Waals surface area contributed by atoms with Crippen LogP contribution in [0.25, 0.3) is 0 Å². The van der Waals surface area contributed by atoms with Gasteiger partial charge in [0, 0.05) is 0 Å². The molecule has 0 aliphatic heterocycles. The molecule has 4 aromatic carbocycles. The van der Waals surface area contributed by atoms with Gasteiger partial charge < -0.3 is 18.6 Å². The molecular formula is C40H50CaO8S2. The Labute approximate surface area is 335 Å². The quantitative estimate of drug-likeness (QED) is 0.0494. The van der Waals surface area contributed by atoms with Gasteiger partial charge in [0.05, 0.1) is 9.79 Å². The van der Waals surface area contributed by atoms with Crippen LogP contribution in [0.2, 0.25) is 0 Å². The first-order chi connectivity index (χ1) is 24.0. The van der Waals surface area contributed by atoms with Crippen molar-refractivity contribution in [2.45, 2.75) is 114 Å². The Balaban J connectivity index is 0.000000347. The fourth-order valence-electron chi connectivity index (χ4n) is 5.52. The van der Waals surface area contributed by atoms with Crippen molar-refractivity contribution in [2.75, 3.05) is 0 Å². The zero-order chi connectivity index (χ0) is 36.2. The molecule has 0 unspecified atom stereocenters. The molecule has 0 fully saturated rings. The standard InChI is InChI=1S/2C20H26O4S.Ca/c2*1-2-3-4-5-6-8-11-17-14-15-19(16-20(17)25(21,22)23)24-18-12-9-7-10-13-18;/h2*7,9-10,12-16H,2-6,8,11H2,1H3,(H,21,22,23);/q;;+2/p-2. The molecular weight excluding hydrogens is 713 g/mol. The Morgan fingerprint density at radius 3 is 1.12 bits per heavy atom. The summed E-state index contributed by atoms with van der Waals surface area (Å²) in [5.41, 5.74) is 1.15. The van der Waals surface area contributed by atoms with Gasteiger partial charge in [0.25, 0.3) is 0 Å². The molecule has 0 bridgehead atoms. The Morgan fingerprint density at radius 2 is 0.784 bits per heavy atom. The number of benzene rings is 4. The largest absolute Gasteiger partial charge is 2.00 e. The zero-order valence-electron chi connectivity index (χ0n) is 29.9. The van der Waals surface area contributed by atoms with Gasteiger partial charge in [-0.3, -0.25) is 0 Å². The smallest absolute Gasteiger partial charge is 0.744 e. The summed E-state index contributed by atoms with van der Waals surface area (Å²) in [5, 5.41) is 0. The van der Waals surface area contributed by atoms with Crippen molar-refractivity contribution in [3.63, 3.8) is 0 Å². The maximum Gasteiger partial charge on any atom is 2.00 e. The van der Waals surface area contributed by atoms with Crippen molar-refractivity contribution in [1.29, 1.82) is 0 Å². The normalized spacial score (nSPS) is 11.2. The summed E-state index contributed by atoms with van der Waals surface area (Å²) in [6.45, 7) is 4.34. The maximum absolute atomic E-state index is 11.6. The molecule has 51 heavy (non-hydrogen) atoms. The van der Waals surface area contributed by atoms with Crippen LogP contribution in [0.1, 0.15) is 102 Å². The Kier molecular flexibility index (Phi) is 21.0. The number of hydrogen-bond donors (Lipinski definition) is 0. The number of para-hydroxylation sites is 2. The molecule has 0 aliphatic carbocycles. The van der Waals surface area contributed by atoms with Crippen LogP contribution in [0.5, 0.6) is 23.0 Å². The summed E-state index contributed by atoms with van der Waals surface area (Å²) in [6, 6.07) is 27.6. The van der Waals surface area contributed by atoms with E-state index in [9.17, 15) is 25.9 Å². The average molecular weight is 763 g/mol. The van der Waals surface area contributed by atoms with Gasteiger partial charge >= 0.3 is 37.7 Å². The molecule has 8 nitrogen and oxygen atoms in total. The predicted octanol–water partition coefficient (Wildman–Crippen LogP) is 10.2. The minimum atomic E-state index is -4.53. The molecule has 272 valence electrons. The van der Waals surface area contributed by atoms with Gasteiger partial charge in [0.1, 0.15) is 43.2 Å². The number of rotatable bonds is 20. The molecule has 0 saturated carbocycles.